The van der Waals surface area contributed by atoms with Gasteiger partial charge in [0.25, 0.3) is 0 Å². The van der Waals surface area contributed by atoms with Gasteiger partial charge in [0, 0.05) is 25.7 Å². The minimum atomic E-state index is -0.525. The molecular weight excluding hydrogens is 299 g/mol. The van der Waals surface area contributed by atoms with Crippen molar-refractivity contribution in [2.45, 2.75) is 52.7 Å². The number of hydrogen-bond donors (Lipinski definition) is 0. The molecule has 2 rings (SSSR count). The van der Waals surface area contributed by atoms with Gasteiger partial charge in [-0.3, -0.25) is 0 Å². The summed E-state index contributed by atoms with van der Waals surface area (Å²) in [7, 11) is 0. The van der Waals surface area contributed by atoms with E-state index in [9.17, 15) is 9.18 Å². The van der Waals surface area contributed by atoms with Crippen molar-refractivity contribution < 1.29 is 13.9 Å². The van der Waals surface area contributed by atoms with Gasteiger partial charge in [0.15, 0.2) is 11.6 Å². The summed E-state index contributed by atoms with van der Waals surface area (Å²) in [6.45, 7) is 10.8. The van der Waals surface area contributed by atoms with Crippen molar-refractivity contribution in [2.24, 2.45) is 0 Å². The Morgan fingerprint density at radius 3 is 2.65 bits per heavy atom. The van der Waals surface area contributed by atoms with Gasteiger partial charge in [0.05, 0.1) is 5.69 Å². The number of carbonyl (C=O) groups excluding carboxylic acids is 1. The number of amides is 1. The summed E-state index contributed by atoms with van der Waals surface area (Å²) in [5.41, 5.74) is -0.111. The first kappa shape index (κ1) is 17.4. The van der Waals surface area contributed by atoms with E-state index in [1.54, 1.807) is 4.90 Å². The fraction of sp³-hybridized carbons (Fsp3) is 0.688. The van der Waals surface area contributed by atoms with E-state index >= 15 is 0 Å². The zero-order chi connectivity index (χ0) is 17.2. The van der Waals surface area contributed by atoms with Crippen LogP contribution in [-0.2, 0) is 11.2 Å². The number of halogens is 1. The molecule has 1 amide bonds. The molecule has 1 aromatic heterocycles. The van der Waals surface area contributed by atoms with Crippen LogP contribution in [-0.4, -0.2) is 52.2 Å². The van der Waals surface area contributed by atoms with Gasteiger partial charge in [-0.15, -0.1) is 0 Å². The molecule has 1 saturated heterocycles. The Labute approximate surface area is 136 Å². The third-order valence-corrected chi connectivity index (χ3v) is 3.73. The molecule has 2 heterocycles. The highest BCUT2D eigenvalue weighted by Crippen LogP contribution is 2.23. The predicted octanol–water partition coefficient (Wildman–Crippen LogP) is 2.62. The molecule has 23 heavy (non-hydrogen) atoms. The molecule has 128 valence electrons. The molecule has 1 fully saturated rings. The molecule has 6 nitrogen and oxygen atoms in total. The molecule has 0 bridgehead atoms. The molecule has 1 atom stereocenters. The number of aryl methyl sites for hydroxylation is 1. The van der Waals surface area contributed by atoms with Crippen LogP contribution in [0.3, 0.4) is 0 Å². The normalized spacial score (nSPS) is 19.0. The van der Waals surface area contributed by atoms with Gasteiger partial charge in [-0.1, -0.05) is 6.92 Å². The maximum Gasteiger partial charge on any atom is 0.410 e. The number of nitrogens with zero attached hydrogens (tertiary/aromatic N) is 4. The second-order valence-corrected chi connectivity index (χ2v) is 6.78. The second-order valence-electron chi connectivity index (χ2n) is 6.78. The van der Waals surface area contributed by atoms with Crippen LogP contribution in [0.2, 0.25) is 0 Å². The predicted molar refractivity (Wildman–Crippen MR) is 86.0 cm³/mol. The second kappa shape index (κ2) is 6.68. The van der Waals surface area contributed by atoms with Gasteiger partial charge in [-0.2, -0.15) is 0 Å². The number of aromatic nitrogens is 2. The average Bonchev–Trinajstić information content (AvgIpc) is 2.45. The maximum atomic E-state index is 14.4. The lowest BCUT2D eigenvalue weighted by Crippen LogP contribution is -2.55. The van der Waals surface area contributed by atoms with Crippen molar-refractivity contribution in [2.75, 3.05) is 24.5 Å². The van der Waals surface area contributed by atoms with Gasteiger partial charge in [-0.25, -0.2) is 19.2 Å². The molecule has 1 aliphatic heterocycles. The van der Waals surface area contributed by atoms with Crippen LogP contribution in [0.25, 0.3) is 0 Å². The standard InChI is InChI=1S/C16H25FN4O2/c1-6-12-13(17)14(19-10-18-12)20-7-8-21(11(2)9-20)15(22)23-16(3,4)5/h10-11H,6-9H2,1-5H3/t11-/m1/s1. The van der Waals surface area contributed by atoms with E-state index < -0.39 is 5.60 Å². The number of anilines is 1. The monoisotopic (exact) mass is 324 g/mol. The average molecular weight is 324 g/mol. The molecule has 0 unspecified atom stereocenters. The van der Waals surface area contributed by atoms with E-state index in [-0.39, 0.29) is 18.0 Å². The van der Waals surface area contributed by atoms with Gasteiger partial charge >= 0.3 is 6.09 Å². The molecule has 0 aromatic carbocycles. The first-order valence-electron chi connectivity index (χ1n) is 7.97. The van der Waals surface area contributed by atoms with E-state index in [2.05, 4.69) is 9.97 Å². The third kappa shape index (κ3) is 4.09. The van der Waals surface area contributed by atoms with E-state index in [1.165, 1.54) is 6.33 Å². The van der Waals surface area contributed by atoms with Crippen molar-refractivity contribution in [3.8, 4) is 0 Å². The molecule has 1 aliphatic rings. The van der Waals surface area contributed by atoms with E-state index in [1.807, 2.05) is 39.5 Å². The highest BCUT2D eigenvalue weighted by molar-refractivity contribution is 5.69. The first-order chi connectivity index (χ1) is 10.7. The number of ether oxygens (including phenoxy) is 1. The highest BCUT2D eigenvalue weighted by Gasteiger charge is 2.32. The SMILES string of the molecule is CCc1ncnc(N2CCN(C(=O)OC(C)(C)C)[C@H](C)C2)c1F. The molecule has 0 saturated carbocycles. The summed E-state index contributed by atoms with van der Waals surface area (Å²) in [5.74, 6) is -0.0551. The highest BCUT2D eigenvalue weighted by atomic mass is 19.1. The van der Waals surface area contributed by atoms with Crippen LogP contribution in [0.4, 0.5) is 15.0 Å². The Morgan fingerprint density at radius 2 is 2.09 bits per heavy atom. The Hall–Kier alpha value is -1.92. The summed E-state index contributed by atoms with van der Waals surface area (Å²) in [6, 6.07) is -0.0851. The molecule has 0 spiro atoms. The Morgan fingerprint density at radius 1 is 1.39 bits per heavy atom. The van der Waals surface area contributed by atoms with Gasteiger partial charge < -0.3 is 14.5 Å². The van der Waals surface area contributed by atoms with Crippen LogP contribution in [0.5, 0.6) is 0 Å². The van der Waals surface area contributed by atoms with Gasteiger partial charge in [0.1, 0.15) is 11.9 Å². The number of rotatable bonds is 2. The van der Waals surface area contributed by atoms with Gasteiger partial charge in [0.2, 0.25) is 0 Å². The van der Waals surface area contributed by atoms with Crippen LogP contribution < -0.4 is 4.90 Å². The lowest BCUT2D eigenvalue weighted by atomic mass is 10.2. The topological polar surface area (TPSA) is 58.6 Å². The van der Waals surface area contributed by atoms with Crippen molar-refractivity contribution in [1.82, 2.24) is 14.9 Å². The van der Waals surface area contributed by atoms with E-state index in [0.29, 0.717) is 37.6 Å². The maximum absolute atomic E-state index is 14.4. The summed E-state index contributed by atoms with van der Waals surface area (Å²) in [5, 5.41) is 0. The molecule has 1 aromatic rings. The van der Waals surface area contributed by atoms with E-state index in [0.717, 1.165) is 0 Å². The minimum absolute atomic E-state index is 0.0851. The summed E-state index contributed by atoms with van der Waals surface area (Å²) in [6.07, 6.45) is 1.58. The third-order valence-electron chi connectivity index (χ3n) is 3.73. The molecule has 0 N–H and O–H groups in total. The summed E-state index contributed by atoms with van der Waals surface area (Å²) < 4.78 is 19.8. The van der Waals surface area contributed by atoms with Gasteiger partial charge in [-0.05, 0) is 34.1 Å². The number of carbonyl (C=O) groups is 1. The summed E-state index contributed by atoms with van der Waals surface area (Å²) >= 11 is 0. The first-order valence-corrected chi connectivity index (χ1v) is 7.97. The number of hydrogen-bond acceptors (Lipinski definition) is 5. The smallest absolute Gasteiger partial charge is 0.410 e. The minimum Gasteiger partial charge on any atom is -0.444 e. The van der Waals surface area contributed by atoms with Crippen LogP contribution in [0, 0.1) is 5.82 Å². The number of piperazine rings is 1. The molecule has 0 radical (unpaired) electrons. The van der Waals surface area contributed by atoms with E-state index in [4.69, 9.17) is 4.74 Å². The molecular formula is C16H25FN4O2. The van der Waals surface area contributed by atoms with Crippen LogP contribution in [0.1, 0.15) is 40.3 Å². The Bertz CT molecular complexity index is 574. The van der Waals surface area contributed by atoms with Crippen molar-refractivity contribution in [3.05, 3.63) is 17.8 Å². The largest absolute Gasteiger partial charge is 0.444 e. The fourth-order valence-corrected chi connectivity index (χ4v) is 2.60. The Balaban J connectivity index is 2.08. The Kier molecular flexibility index (Phi) is 5.06. The fourth-order valence-electron chi connectivity index (χ4n) is 2.60. The molecule has 7 heteroatoms. The lowest BCUT2D eigenvalue weighted by molar-refractivity contribution is 0.0158. The van der Waals surface area contributed by atoms with Crippen LogP contribution >= 0.6 is 0 Å². The summed E-state index contributed by atoms with van der Waals surface area (Å²) in [4.78, 5) is 23.8. The lowest BCUT2D eigenvalue weighted by Gasteiger charge is -2.40. The molecule has 0 aliphatic carbocycles. The zero-order valence-corrected chi connectivity index (χ0v) is 14.5. The zero-order valence-electron chi connectivity index (χ0n) is 14.5. The quantitative estimate of drug-likeness (QED) is 0.837. The van der Waals surface area contributed by atoms with Crippen LogP contribution in [0.15, 0.2) is 6.33 Å². The van der Waals surface area contributed by atoms with Crippen molar-refractivity contribution >= 4 is 11.9 Å². The van der Waals surface area contributed by atoms with Crippen molar-refractivity contribution in [1.29, 1.82) is 0 Å². The van der Waals surface area contributed by atoms with Crippen molar-refractivity contribution in [3.63, 3.8) is 0 Å².